The molecule has 0 bridgehead atoms. The molecule has 0 radical (unpaired) electrons. The van der Waals surface area contributed by atoms with Crippen molar-refractivity contribution in [2.75, 3.05) is 44.2 Å². The smallest absolute Gasteiger partial charge is 0.426 e. The molecule has 0 N–H and O–H groups in total. The lowest BCUT2D eigenvalue weighted by Crippen LogP contribution is -2.52. The topological polar surface area (TPSA) is 36.0 Å². The standard InChI is InChI=1S/C20H24ClF6N3O2.C7H10/c1-13-4-5-30(11-13)16-10-15(21)3-2-14(16)12-28-6-8-29(9-7-28)18(31)32-17(19(22,23)24)20(25,26)27;1-2-4-7-5-3-6-7/h2-3,10,13,17H,4-9,11-12H2,1H3;1,7H,3-6H2. The highest BCUT2D eigenvalue weighted by atomic mass is 35.5. The van der Waals surface area contributed by atoms with Gasteiger partial charge in [0.1, 0.15) is 0 Å². The predicted molar refractivity (Wildman–Crippen MR) is 137 cm³/mol. The second kappa shape index (κ2) is 13.4. The molecule has 12 heteroatoms. The molecule has 0 aromatic heterocycles. The summed E-state index contributed by atoms with van der Waals surface area (Å²) in [4.78, 5) is 17.0. The van der Waals surface area contributed by atoms with Gasteiger partial charge >= 0.3 is 18.4 Å². The molecule has 1 amide bonds. The van der Waals surface area contributed by atoms with E-state index in [0.717, 1.165) is 48.0 Å². The van der Waals surface area contributed by atoms with Crippen LogP contribution in [0.5, 0.6) is 0 Å². The quantitative estimate of drug-likeness (QED) is 0.285. The second-order valence-corrected chi connectivity index (χ2v) is 10.9. The number of carbonyl (C=O) groups is 1. The van der Waals surface area contributed by atoms with Crippen molar-refractivity contribution in [2.45, 2.75) is 64.0 Å². The number of carbonyl (C=O) groups excluding carboxylic acids is 1. The summed E-state index contributed by atoms with van der Waals surface area (Å²) < 4.78 is 79.6. The minimum atomic E-state index is -5.73. The molecule has 1 unspecified atom stereocenters. The summed E-state index contributed by atoms with van der Waals surface area (Å²) >= 11 is 6.18. The molecular weight excluding hydrogens is 548 g/mol. The number of amides is 1. The van der Waals surface area contributed by atoms with Gasteiger partial charge in [-0.15, -0.1) is 12.3 Å². The van der Waals surface area contributed by atoms with Gasteiger partial charge < -0.3 is 14.5 Å². The molecule has 1 aromatic carbocycles. The van der Waals surface area contributed by atoms with E-state index in [0.29, 0.717) is 17.5 Å². The molecular formula is C27H34ClF6N3O2. The second-order valence-electron chi connectivity index (χ2n) is 10.4. The average molecular weight is 582 g/mol. The van der Waals surface area contributed by atoms with Crippen LogP contribution in [0.25, 0.3) is 0 Å². The first kappa shape index (κ1) is 31.2. The minimum Gasteiger partial charge on any atom is -0.426 e. The number of nitrogens with zero attached hydrogens (tertiary/aromatic N) is 3. The van der Waals surface area contributed by atoms with Gasteiger partial charge in [-0.2, -0.15) is 26.3 Å². The fourth-order valence-corrected chi connectivity index (χ4v) is 4.97. The number of terminal acetylenes is 1. The Kier molecular flexibility index (Phi) is 10.7. The van der Waals surface area contributed by atoms with Crippen molar-refractivity contribution in [1.82, 2.24) is 9.80 Å². The zero-order chi connectivity index (χ0) is 28.8. The Balaban J connectivity index is 0.000000520. The first-order valence-electron chi connectivity index (χ1n) is 13.1. The number of benzene rings is 1. The van der Waals surface area contributed by atoms with E-state index < -0.39 is 24.5 Å². The number of piperazine rings is 1. The van der Waals surface area contributed by atoms with Crippen molar-refractivity contribution >= 4 is 23.4 Å². The Bertz CT molecular complexity index is 987. The van der Waals surface area contributed by atoms with Crippen LogP contribution in [-0.4, -0.2) is 73.6 Å². The Morgan fingerprint density at radius 3 is 2.18 bits per heavy atom. The van der Waals surface area contributed by atoms with E-state index in [1.165, 1.54) is 19.3 Å². The number of halogens is 7. The third-order valence-corrected chi connectivity index (χ3v) is 7.52. The molecule has 4 rings (SSSR count). The fraction of sp³-hybridized carbons (Fsp3) is 0.667. The maximum Gasteiger partial charge on any atom is 0.434 e. The Morgan fingerprint density at radius 2 is 1.72 bits per heavy atom. The summed E-state index contributed by atoms with van der Waals surface area (Å²) in [5.74, 6) is 4.13. The van der Waals surface area contributed by atoms with Crippen LogP contribution in [0.15, 0.2) is 18.2 Å². The molecule has 1 atom stereocenters. The lowest BCUT2D eigenvalue weighted by Gasteiger charge is -2.36. The van der Waals surface area contributed by atoms with Crippen molar-refractivity contribution in [2.24, 2.45) is 11.8 Å². The molecule has 5 nitrogen and oxygen atoms in total. The molecule has 1 saturated carbocycles. The first-order chi connectivity index (χ1) is 18.3. The molecule has 39 heavy (non-hydrogen) atoms. The highest BCUT2D eigenvalue weighted by Gasteiger charge is 2.60. The largest absolute Gasteiger partial charge is 0.434 e. The van der Waals surface area contributed by atoms with Crippen LogP contribution in [0.4, 0.5) is 36.8 Å². The van der Waals surface area contributed by atoms with Gasteiger partial charge in [0.05, 0.1) is 0 Å². The summed E-state index contributed by atoms with van der Waals surface area (Å²) in [6.45, 7) is 5.02. The van der Waals surface area contributed by atoms with Crippen LogP contribution in [-0.2, 0) is 11.3 Å². The van der Waals surface area contributed by atoms with Gasteiger partial charge in [-0.3, -0.25) is 4.90 Å². The van der Waals surface area contributed by atoms with E-state index in [4.69, 9.17) is 18.0 Å². The van der Waals surface area contributed by atoms with Crippen molar-refractivity contribution in [3.05, 3.63) is 28.8 Å². The summed E-state index contributed by atoms with van der Waals surface area (Å²) in [6, 6.07) is 5.59. The van der Waals surface area contributed by atoms with Gasteiger partial charge in [-0.25, -0.2) is 4.79 Å². The molecule has 218 valence electrons. The Morgan fingerprint density at radius 1 is 1.08 bits per heavy atom. The Labute approximate surface area is 230 Å². The number of anilines is 1. The summed E-state index contributed by atoms with van der Waals surface area (Å²) in [5, 5.41) is 0.611. The minimum absolute atomic E-state index is 0.0368. The van der Waals surface area contributed by atoms with E-state index in [1.54, 1.807) is 6.07 Å². The number of hydrogen-bond donors (Lipinski definition) is 0. The van der Waals surface area contributed by atoms with Crippen LogP contribution >= 0.6 is 11.6 Å². The maximum atomic E-state index is 12.6. The maximum absolute atomic E-state index is 12.6. The average Bonchev–Trinajstić information content (AvgIpc) is 3.26. The number of rotatable bonds is 5. The molecule has 3 fully saturated rings. The monoisotopic (exact) mass is 581 g/mol. The predicted octanol–water partition coefficient (Wildman–Crippen LogP) is 6.74. The van der Waals surface area contributed by atoms with E-state index in [1.807, 2.05) is 17.0 Å². The van der Waals surface area contributed by atoms with Crippen LogP contribution < -0.4 is 4.90 Å². The lowest BCUT2D eigenvalue weighted by molar-refractivity contribution is -0.308. The molecule has 2 saturated heterocycles. The van der Waals surface area contributed by atoms with Crippen molar-refractivity contribution in [1.29, 1.82) is 0 Å². The van der Waals surface area contributed by atoms with E-state index >= 15 is 0 Å². The lowest BCUT2D eigenvalue weighted by atomic mass is 9.83. The third kappa shape index (κ3) is 9.10. The van der Waals surface area contributed by atoms with Crippen LogP contribution in [0.2, 0.25) is 5.02 Å². The number of hydrogen-bond acceptors (Lipinski definition) is 4. The van der Waals surface area contributed by atoms with Crippen LogP contribution in [0, 0.1) is 24.2 Å². The molecule has 3 aliphatic rings. The Hall–Kier alpha value is -2.32. The van der Waals surface area contributed by atoms with Gasteiger partial charge in [0.25, 0.3) is 6.10 Å². The molecule has 1 aliphatic carbocycles. The highest BCUT2D eigenvalue weighted by Crippen LogP contribution is 2.36. The zero-order valence-electron chi connectivity index (χ0n) is 21.8. The fourth-order valence-electron chi connectivity index (χ4n) is 4.81. The molecule has 2 heterocycles. The van der Waals surface area contributed by atoms with Gasteiger partial charge in [0.2, 0.25) is 0 Å². The SMILES string of the molecule is C#CCC1CCC1.CC1CCN(c2cc(Cl)ccc2CN2CCN(C(=O)OC(C(F)(F)F)C(F)(F)F)CC2)C1. The van der Waals surface area contributed by atoms with E-state index in [2.05, 4.69) is 22.5 Å². The van der Waals surface area contributed by atoms with Gasteiger partial charge in [0.15, 0.2) is 0 Å². The first-order valence-corrected chi connectivity index (χ1v) is 13.4. The van der Waals surface area contributed by atoms with Crippen LogP contribution in [0.1, 0.15) is 44.6 Å². The highest BCUT2D eigenvalue weighted by molar-refractivity contribution is 6.30. The normalized spacial score (nSPS) is 20.8. The summed E-state index contributed by atoms with van der Waals surface area (Å²) in [7, 11) is 0. The van der Waals surface area contributed by atoms with Crippen molar-refractivity contribution in [3.8, 4) is 12.3 Å². The molecule has 2 aliphatic heterocycles. The van der Waals surface area contributed by atoms with Crippen molar-refractivity contribution < 1.29 is 35.9 Å². The van der Waals surface area contributed by atoms with E-state index in [9.17, 15) is 31.1 Å². The summed E-state index contributed by atoms with van der Waals surface area (Å²) in [5.41, 5.74) is 2.04. The number of alkyl halides is 6. The van der Waals surface area contributed by atoms with Gasteiger partial charge in [-0.05, 0) is 48.8 Å². The third-order valence-electron chi connectivity index (χ3n) is 7.28. The molecule has 0 spiro atoms. The molecule has 1 aromatic rings. The van der Waals surface area contributed by atoms with Crippen LogP contribution in [0.3, 0.4) is 0 Å². The van der Waals surface area contributed by atoms with Gasteiger partial charge in [-0.1, -0.05) is 31.0 Å². The number of ether oxygens (including phenoxy) is 1. The van der Waals surface area contributed by atoms with Crippen molar-refractivity contribution in [3.63, 3.8) is 0 Å². The van der Waals surface area contributed by atoms with Gasteiger partial charge in [0, 0.05) is 62.9 Å². The zero-order valence-corrected chi connectivity index (χ0v) is 22.6. The van der Waals surface area contributed by atoms with E-state index in [-0.39, 0.29) is 26.2 Å². The summed E-state index contributed by atoms with van der Waals surface area (Å²) in [6.07, 6.45) is -5.88.